The fourth-order valence-corrected chi connectivity index (χ4v) is 3.55. The van der Waals surface area contributed by atoms with Crippen LogP contribution in [0.25, 0.3) is 0 Å². The van der Waals surface area contributed by atoms with Gasteiger partial charge in [0.15, 0.2) is 0 Å². The SMILES string of the molecule is Cc1cccc(C(=O)N2CC(F)(F)C[C@H]2C(=O)N2CCC[C@H]2C#N)c1. The molecule has 2 fully saturated rings. The van der Waals surface area contributed by atoms with Crippen LogP contribution in [0.3, 0.4) is 0 Å². The van der Waals surface area contributed by atoms with Gasteiger partial charge in [-0.15, -0.1) is 0 Å². The fourth-order valence-electron chi connectivity index (χ4n) is 3.55. The number of likely N-dealkylation sites (tertiary alicyclic amines) is 2. The van der Waals surface area contributed by atoms with Gasteiger partial charge >= 0.3 is 0 Å². The highest BCUT2D eigenvalue weighted by Gasteiger charge is 2.52. The van der Waals surface area contributed by atoms with Crippen LogP contribution in [0.15, 0.2) is 24.3 Å². The molecule has 5 nitrogen and oxygen atoms in total. The van der Waals surface area contributed by atoms with Crippen LogP contribution in [0.5, 0.6) is 0 Å². The van der Waals surface area contributed by atoms with E-state index in [1.807, 2.05) is 6.07 Å². The predicted octanol–water partition coefficient (Wildman–Crippen LogP) is 2.36. The maximum Gasteiger partial charge on any atom is 0.267 e. The molecule has 3 rings (SSSR count). The molecular weight excluding hydrogens is 328 g/mol. The molecule has 2 atom stereocenters. The molecule has 1 aromatic carbocycles. The molecule has 2 aliphatic heterocycles. The predicted molar refractivity (Wildman–Crippen MR) is 85.9 cm³/mol. The lowest BCUT2D eigenvalue weighted by molar-refractivity contribution is -0.135. The number of nitrogens with zero attached hydrogens (tertiary/aromatic N) is 3. The second-order valence-electron chi connectivity index (χ2n) is 6.70. The molecule has 0 N–H and O–H groups in total. The second kappa shape index (κ2) is 6.43. The van der Waals surface area contributed by atoms with Crippen molar-refractivity contribution in [3.8, 4) is 6.07 Å². The lowest BCUT2D eigenvalue weighted by atomic mass is 10.1. The van der Waals surface area contributed by atoms with Crippen LogP contribution >= 0.6 is 0 Å². The Morgan fingerprint density at radius 2 is 2.08 bits per heavy atom. The highest BCUT2D eigenvalue weighted by atomic mass is 19.3. The summed E-state index contributed by atoms with van der Waals surface area (Å²) in [5.74, 6) is -4.24. The molecule has 132 valence electrons. The number of halogens is 2. The zero-order valence-electron chi connectivity index (χ0n) is 13.9. The van der Waals surface area contributed by atoms with E-state index >= 15 is 0 Å². The van der Waals surface area contributed by atoms with E-state index in [2.05, 4.69) is 0 Å². The van der Waals surface area contributed by atoms with Gasteiger partial charge in [-0.3, -0.25) is 9.59 Å². The molecule has 0 bridgehead atoms. The number of carbonyl (C=O) groups is 2. The van der Waals surface area contributed by atoms with Crippen molar-refractivity contribution in [2.45, 2.75) is 44.2 Å². The second-order valence-corrected chi connectivity index (χ2v) is 6.70. The van der Waals surface area contributed by atoms with E-state index < -0.39 is 42.8 Å². The minimum atomic E-state index is -3.11. The number of alkyl halides is 2. The van der Waals surface area contributed by atoms with Gasteiger partial charge in [0.2, 0.25) is 5.91 Å². The van der Waals surface area contributed by atoms with E-state index in [-0.39, 0.29) is 5.56 Å². The molecular formula is C18H19F2N3O2. The Morgan fingerprint density at radius 3 is 2.76 bits per heavy atom. The molecule has 0 spiro atoms. The fraction of sp³-hybridized carbons (Fsp3) is 0.500. The van der Waals surface area contributed by atoms with Gasteiger partial charge in [0.1, 0.15) is 12.1 Å². The van der Waals surface area contributed by atoms with Gasteiger partial charge in [0.25, 0.3) is 11.8 Å². The summed E-state index contributed by atoms with van der Waals surface area (Å²) >= 11 is 0. The third-order valence-electron chi connectivity index (χ3n) is 4.77. The Bertz CT molecular complexity index is 744. The molecule has 0 saturated carbocycles. The molecule has 2 saturated heterocycles. The summed E-state index contributed by atoms with van der Waals surface area (Å²) in [6, 6.07) is 6.87. The smallest absolute Gasteiger partial charge is 0.267 e. The van der Waals surface area contributed by atoms with Crippen molar-refractivity contribution in [1.29, 1.82) is 5.26 Å². The van der Waals surface area contributed by atoms with E-state index in [1.54, 1.807) is 31.2 Å². The molecule has 0 aliphatic carbocycles. The normalized spacial score (nSPS) is 25.0. The number of carbonyl (C=O) groups excluding carboxylic acids is 2. The number of benzene rings is 1. The number of nitriles is 1. The van der Waals surface area contributed by atoms with Gasteiger partial charge < -0.3 is 9.80 Å². The zero-order chi connectivity index (χ0) is 18.2. The van der Waals surface area contributed by atoms with Crippen LogP contribution in [0, 0.1) is 18.3 Å². The summed E-state index contributed by atoms with van der Waals surface area (Å²) in [5, 5.41) is 9.14. The Kier molecular flexibility index (Phi) is 4.46. The van der Waals surface area contributed by atoms with E-state index in [4.69, 9.17) is 5.26 Å². The average Bonchev–Trinajstić information content (AvgIpc) is 3.17. The Morgan fingerprint density at radius 1 is 1.32 bits per heavy atom. The van der Waals surface area contributed by atoms with E-state index in [0.29, 0.717) is 19.4 Å². The summed E-state index contributed by atoms with van der Waals surface area (Å²) in [4.78, 5) is 27.8. The molecule has 0 aromatic heterocycles. The van der Waals surface area contributed by atoms with Crippen LogP contribution < -0.4 is 0 Å². The minimum Gasteiger partial charge on any atom is -0.325 e. The highest BCUT2D eigenvalue weighted by molar-refractivity contribution is 5.98. The summed E-state index contributed by atoms with van der Waals surface area (Å²) < 4.78 is 28.0. The van der Waals surface area contributed by atoms with Crippen molar-refractivity contribution >= 4 is 11.8 Å². The lowest BCUT2D eigenvalue weighted by Crippen LogP contribution is -2.49. The third kappa shape index (κ3) is 3.34. The largest absolute Gasteiger partial charge is 0.325 e. The molecule has 2 amide bonds. The number of hydrogen-bond donors (Lipinski definition) is 0. The minimum absolute atomic E-state index is 0.286. The van der Waals surface area contributed by atoms with Gasteiger partial charge in [0, 0.05) is 18.5 Å². The van der Waals surface area contributed by atoms with Gasteiger partial charge in [0.05, 0.1) is 12.6 Å². The standard InChI is InChI=1S/C18H19F2N3O2/c1-12-4-2-5-13(8-12)16(24)23-11-18(19,20)9-15(23)17(25)22-7-3-6-14(22)10-21/h2,4-5,8,14-15H,3,6-7,9,11H2,1H3/t14-,15-/m0/s1. The van der Waals surface area contributed by atoms with E-state index in [9.17, 15) is 18.4 Å². The summed E-state index contributed by atoms with van der Waals surface area (Å²) in [6.07, 6.45) is 0.508. The first-order chi connectivity index (χ1) is 11.8. The van der Waals surface area contributed by atoms with E-state index in [1.165, 1.54) is 4.90 Å². The zero-order valence-corrected chi connectivity index (χ0v) is 13.9. The van der Waals surface area contributed by atoms with Gasteiger partial charge in [-0.1, -0.05) is 17.7 Å². The van der Waals surface area contributed by atoms with Crippen molar-refractivity contribution in [3.63, 3.8) is 0 Å². The Hall–Kier alpha value is -2.49. The molecule has 2 aliphatic rings. The van der Waals surface area contributed by atoms with Crippen LogP contribution in [-0.2, 0) is 4.79 Å². The summed E-state index contributed by atoms with van der Waals surface area (Å²) in [5.41, 5.74) is 1.12. The number of aryl methyl sites for hydroxylation is 1. The van der Waals surface area contributed by atoms with Crippen molar-refractivity contribution in [1.82, 2.24) is 9.80 Å². The maximum absolute atomic E-state index is 14.0. The van der Waals surface area contributed by atoms with Crippen molar-refractivity contribution < 1.29 is 18.4 Å². The molecule has 0 unspecified atom stereocenters. The average molecular weight is 347 g/mol. The monoisotopic (exact) mass is 347 g/mol. The number of hydrogen-bond acceptors (Lipinski definition) is 3. The van der Waals surface area contributed by atoms with Crippen LogP contribution in [-0.4, -0.2) is 52.7 Å². The van der Waals surface area contributed by atoms with Crippen molar-refractivity contribution in [2.75, 3.05) is 13.1 Å². The first-order valence-corrected chi connectivity index (χ1v) is 8.28. The summed E-state index contributed by atoms with van der Waals surface area (Å²) in [6.45, 7) is 1.40. The molecule has 0 radical (unpaired) electrons. The highest BCUT2D eigenvalue weighted by Crippen LogP contribution is 2.35. The van der Waals surface area contributed by atoms with Crippen LogP contribution in [0.2, 0.25) is 0 Å². The van der Waals surface area contributed by atoms with Gasteiger partial charge in [-0.25, -0.2) is 8.78 Å². The van der Waals surface area contributed by atoms with Crippen LogP contribution in [0.1, 0.15) is 35.2 Å². The molecule has 1 aromatic rings. The Balaban J connectivity index is 1.87. The van der Waals surface area contributed by atoms with Gasteiger partial charge in [-0.05, 0) is 31.9 Å². The van der Waals surface area contributed by atoms with Crippen molar-refractivity contribution in [2.24, 2.45) is 0 Å². The van der Waals surface area contributed by atoms with Crippen molar-refractivity contribution in [3.05, 3.63) is 35.4 Å². The Labute approximate surface area is 144 Å². The lowest BCUT2D eigenvalue weighted by Gasteiger charge is -2.28. The van der Waals surface area contributed by atoms with Gasteiger partial charge in [-0.2, -0.15) is 5.26 Å². The molecule has 2 heterocycles. The first kappa shape index (κ1) is 17.3. The first-order valence-electron chi connectivity index (χ1n) is 8.28. The number of rotatable bonds is 2. The third-order valence-corrected chi connectivity index (χ3v) is 4.77. The quantitative estimate of drug-likeness (QED) is 0.825. The number of amides is 2. The van der Waals surface area contributed by atoms with E-state index in [0.717, 1.165) is 10.5 Å². The molecule has 7 heteroatoms. The van der Waals surface area contributed by atoms with Crippen LogP contribution in [0.4, 0.5) is 8.78 Å². The summed E-state index contributed by atoms with van der Waals surface area (Å²) in [7, 11) is 0. The topological polar surface area (TPSA) is 64.4 Å². The maximum atomic E-state index is 14.0. The molecule has 25 heavy (non-hydrogen) atoms.